The second-order valence-corrected chi connectivity index (χ2v) is 14.6. The normalized spacial score (nSPS) is 18.3. The van der Waals surface area contributed by atoms with Crippen LogP contribution in [0, 0.1) is 0 Å². The first-order valence-corrected chi connectivity index (χ1v) is 19.4. The number of pyridine rings is 1. The Balaban J connectivity index is 1.11. The number of aliphatic imine (C=N–C) groups is 1. The number of anilines is 2. The lowest BCUT2D eigenvalue weighted by molar-refractivity contribution is 0.388. The highest BCUT2D eigenvalue weighted by Crippen LogP contribution is 2.46. The predicted octanol–water partition coefficient (Wildman–Crippen LogP) is 12.2. The molecule has 0 bridgehead atoms. The molecular weight excluding hydrogens is 685 g/mol. The number of hydrogen-bond donors (Lipinski definition) is 1. The van der Waals surface area contributed by atoms with Gasteiger partial charge in [-0.2, -0.15) is 0 Å². The number of nitrogens with zero attached hydrogens (tertiary/aromatic N) is 3. The Morgan fingerprint density at radius 1 is 0.661 bits per heavy atom. The molecule has 2 atom stereocenters. The van der Waals surface area contributed by atoms with Gasteiger partial charge >= 0.3 is 0 Å². The number of para-hydroxylation sites is 2. The summed E-state index contributed by atoms with van der Waals surface area (Å²) in [6.07, 6.45) is 22.1. The minimum absolute atomic E-state index is 0.163. The van der Waals surface area contributed by atoms with Crippen LogP contribution in [0.25, 0.3) is 28.0 Å². The van der Waals surface area contributed by atoms with Gasteiger partial charge in [0.25, 0.3) is 0 Å². The number of hydrogen-bond acceptors (Lipinski definition) is 5. The van der Waals surface area contributed by atoms with Crippen LogP contribution in [-0.4, -0.2) is 10.8 Å². The molecule has 3 heterocycles. The molecule has 5 aromatic carbocycles. The van der Waals surface area contributed by atoms with Crippen LogP contribution >= 0.6 is 0 Å². The molecule has 6 aromatic rings. The van der Waals surface area contributed by atoms with Gasteiger partial charge in [-0.05, 0) is 100 Å². The minimum Gasteiger partial charge on any atom is -0.457 e. The Morgan fingerprint density at radius 2 is 1.45 bits per heavy atom. The van der Waals surface area contributed by atoms with Gasteiger partial charge in [-0.15, -0.1) is 0 Å². The molecule has 0 spiro atoms. The van der Waals surface area contributed by atoms with Crippen LogP contribution in [0.2, 0.25) is 0 Å². The molecule has 2 aliphatic carbocycles. The number of benzene rings is 5. The van der Waals surface area contributed by atoms with E-state index in [-0.39, 0.29) is 6.04 Å². The molecule has 0 saturated carbocycles. The summed E-state index contributed by atoms with van der Waals surface area (Å²) in [5.41, 5.74) is 13.2. The summed E-state index contributed by atoms with van der Waals surface area (Å²) in [4.78, 5) is 12.0. The van der Waals surface area contributed by atoms with Gasteiger partial charge in [-0.25, -0.2) is 4.99 Å². The standard InChI is InChI=1S/C51H40N4O/c1-3-12-35(13-4-1)36-25-27-39(28-26-36)45-33-46(54-51(53-45)40-14-5-2-6-15-40)43-30-42(38-23-21-37(22-24-38)41-16-11-29-52-34-41)31-44(32-43)55-47-17-7-9-19-49(47)56-50-20-10-8-18-48(50)55/h1-9,11-12,14-19,21-35,46H,10,13,20H2,(H,53,54). The topological polar surface area (TPSA) is 49.8 Å². The first-order valence-electron chi connectivity index (χ1n) is 19.4. The fourth-order valence-corrected chi connectivity index (χ4v) is 8.05. The molecule has 2 aliphatic heterocycles. The van der Waals surface area contributed by atoms with Crippen molar-refractivity contribution < 1.29 is 4.74 Å². The quantitative estimate of drug-likeness (QED) is 0.178. The number of nitrogens with one attached hydrogen (secondary N) is 1. The number of aromatic nitrogens is 1. The molecule has 2 unspecified atom stereocenters. The second kappa shape index (κ2) is 14.7. The number of ether oxygens (including phenoxy) is 1. The molecule has 4 aliphatic rings. The Labute approximate surface area is 328 Å². The van der Waals surface area contributed by atoms with E-state index in [4.69, 9.17) is 9.73 Å². The van der Waals surface area contributed by atoms with E-state index in [9.17, 15) is 0 Å². The summed E-state index contributed by atoms with van der Waals surface area (Å²) < 4.78 is 6.51. The number of fused-ring (bicyclic) bond motifs is 1. The van der Waals surface area contributed by atoms with Gasteiger partial charge in [0.2, 0.25) is 0 Å². The third-order valence-corrected chi connectivity index (χ3v) is 11.0. The molecule has 5 nitrogen and oxygen atoms in total. The average Bonchev–Trinajstić information content (AvgIpc) is 3.29. The number of rotatable bonds is 7. The van der Waals surface area contributed by atoms with E-state index in [1.54, 1.807) is 0 Å². The molecule has 5 heteroatoms. The Bertz CT molecular complexity index is 2600. The third kappa shape index (κ3) is 6.58. The molecule has 0 saturated heterocycles. The van der Waals surface area contributed by atoms with Gasteiger partial charge in [0, 0.05) is 36.0 Å². The Hall–Kier alpha value is -6.98. The van der Waals surface area contributed by atoms with Crippen LogP contribution < -0.4 is 15.0 Å². The molecule has 1 aromatic heterocycles. The fraction of sp³-hybridized carbons (Fsp3) is 0.0980. The van der Waals surface area contributed by atoms with Crippen LogP contribution in [0.4, 0.5) is 11.4 Å². The lowest BCUT2D eigenvalue weighted by Crippen LogP contribution is -2.31. The van der Waals surface area contributed by atoms with E-state index in [0.717, 1.165) is 98.3 Å². The lowest BCUT2D eigenvalue weighted by Gasteiger charge is -2.36. The van der Waals surface area contributed by atoms with Crippen LogP contribution in [-0.2, 0) is 0 Å². The molecule has 0 radical (unpaired) electrons. The second-order valence-electron chi connectivity index (χ2n) is 14.6. The summed E-state index contributed by atoms with van der Waals surface area (Å²) in [6.45, 7) is 0. The molecular formula is C51H40N4O. The predicted molar refractivity (Wildman–Crippen MR) is 229 cm³/mol. The molecule has 56 heavy (non-hydrogen) atoms. The van der Waals surface area contributed by atoms with Crippen molar-refractivity contribution >= 4 is 22.9 Å². The maximum atomic E-state index is 6.51. The van der Waals surface area contributed by atoms with Gasteiger partial charge < -0.3 is 15.0 Å². The van der Waals surface area contributed by atoms with Gasteiger partial charge in [0.15, 0.2) is 5.75 Å². The summed E-state index contributed by atoms with van der Waals surface area (Å²) in [6, 6.07) is 47.4. The number of allylic oxidation sites excluding steroid dienone is 7. The minimum atomic E-state index is -0.163. The Morgan fingerprint density at radius 3 is 2.25 bits per heavy atom. The first kappa shape index (κ1) is 33.6. The van der Waals surface area contributed by atoms with E-state index >= 15 is 0 Å². The van der Waals surface area contributed by atoms with E-state index in [1.165, 1.54) is 5.56 Å². The van der Waals surface area contributed by atoms with Crippen molar-refractivity contribution in [3.63, 3.8) is 0 Å². The smallest absolute Gasteiger partial charge is 0.151 e. The highest BCUT2D eigenvalue weighted by Gasteiger charge is 2.29. The van der Waals surface area contributed by atoms with Gasteiger partial charge in [0.05, 0.1) is 23.1 Å². The zero-order valence-corrected chi connectivity index (χ0v) is 30.9. The molecule has 0 amide bonds. The van der Waals surface area contributed by atoms with E-state index in [0.29, 0.717) is 5.92 Å². The highest BCUT2D eigenvalue weighted by molar-refractivity contribution is 6.03. The average molecular weight is 725 g/mol. The highest BCUT2D eigenvalue weighted by atomic mass is 16.5. The van der Waals surface area contributed by atoms with Crippen molar-refractivity contribution in [2.24, 2.45) is 4.99 Å². The van der Waals surface area contributed by atoms with Crippen molar-refractivity contribution in [1.82, 2.24) is 10.3 Å². The maximum Gasteiger partial charge on any atom is 0.151 e. The van der Waals surface area contributed by atoms with Crippen molar-refractivity contribution in [3.8, 4) is 28.0 Å². The van der Waals surface area contributed by atoms with Crippen LogP contribution in [0.3, 0.4) is 0 Å². The summed E-state index contributed by atoms with van der Waals surface area (Å²) in [5, 5.41) is 3.84. The van der Waals surface area contributed by atoms with E-state index < -0.39 is 0 Å². The largest absolute Gasteiger partial charge is 0.457 e. The molecule has 0 fully saturated rings. The zero-order valence-electron chi connectivity index (χ0n) is 30.9. The SMILES string of the molecule is C1=CCC(c2ccc(C3=CC(c4cc(-c5ccc(-c6cccnc6)cc5)cc(N5C6=C(CCC=C6)Oc6ccccc65)c4)NC(c4ccccc4)=N3)cc2)C=C1. The van der Waals surface area contributed by atoms with Gasteiger partial charge in [-0.1, -0.05) is 127 Å². The van der Waals surface area contributed by atoms with E-state index in [1.807, 2.05) is 30.6 Å². The van der Waals surface area contributed by atoms with Crippen LogP contribution in [0.15, 0.2) is 205 Å². The maximum absolute atomic E-state index is 6.51. The van der Waals surface area contributed by atoms with Crippen LogP contribution in [0.5, 0.6) is 5.75 Å². The van der Waals surface area contributed by atoms with Gasteiger partial charge in [0.1, 0.15) is 11.6 Å². The monoisotopic (exact) mass is 724 g/mol. The summed E-state index contributed by atoms with van der Waals surface area (Å²) >= 11 is 0. The molecule has 270 valence electrons. The third-order valence-electron chi connectivity index (χ3n) is 11.0. The van der Waals surface area contributed by atoms with Crippen molar-refractivity contribution in [2.45, 2.75) is 31.2 Å². The number of amidine groups is 1. The van der Waals surface area contributed by atoms with Crippen molar-refractivity contribution in [1.29, 1.82) is 0 Å². The summed E-state index contributed by atoms with van der Waals surface area (Å²) in [5.74, 6) is 3.11. The Kier molecular flexibility index (Phi) is 8.81. The molecule has 10 rings (SSSR count). The zero-order chi connectivity index (χ0) is 37.3. The van der Waals surface area contributed by atoms with Crippen molar-refractivity contribution in [3.05, 3.63) is 222 Å². The van der Waals surface area contributed by atoms with E-state index in [2.05, 4.69) is 173 Å². The lowest BCUT2D eigenvalue weighted by atomic mass is 9.91. The summed E-state index contributed by atoms with van der Waals surface area (Å²) in [7, 11) is 0. The van der Waals surface area contributed by atoms with Gasteiger partial charge in [-0.3, -0.25) is 4.98 Å². The van der Waals surface area contributed by atoms with Crippen molar-refractivity contribution in [2.75, 3.05) is 4.90 Å². The molecule has 1 N–H and O–H groups in total. The van der Waals surface area contributed by atoms with Crippen LogP contribution in [0.1, 0.15) is 53.5 Å². The first-order chi connectivity index (χ1) is 27.7. The fourth-order valence-electron chi connectivity index (χ4n) is 8.05.